The molecule has 0 atom stereocenters. The molecule has 0 saturated carbocycles. The van der Waals surface area contributed by atoms with Gasteiger partial charge in [0.1, 0.15) is 0 Å². The highest BCUT2D eigenvalue weighted by Crippen LogP contribution is 2.21. The van der Waals surface area contributed by atoms with Gasteiger partial charge in [0.05, 0.1) is 24.5 Å². The molecule has 2 rings (SSSR count). The van der Waals surface area contributed by atoms with Crippen LogP contribution < -0.4 is 10.6 Å². The molecule has 0 aromatic heterocycles. The second-order valence-corrected chi connectivity index (χ2v) is 7.31. The van der Waals surface area contributed by atoms with Crippen molar-refractivity contribution < 1.29 is 9.59 Å². The van der Waals surface area contributed by atoms with Crippen LogP contribution in [0.25, 0.3) is 0 Å². The molecule has 0 aliphatic heterocycles. The van der Waals surface area contributed by atoms with Crippen molar-refractivity contribution in [3.8, 4) is 0 Å². The van der Waals surface area contributed by atoms with E-state index in [9.17, 15) is 9.59 Å². The highest BCUT2D eigenvalue weighted by atomic mass is 16.2. The van der Waals surface area contributed by atoms with E-state index in [1.54, 1.807) is 24.3 Å². The lowest BCUT2D eigenvalue weighted by atomic mass is 10.2. The Bertz CT molecular complexity index is 799. The molecule has 0 aliphatic carbocycles. The number of carbonyl (C=O) groups excluding carboxylic acids is 2. The number of nitrogens with zero attached hydrogens (tertiary/aromatic N) is 4. The second-order valence-electron chi connectivity index (χ2n) is 7.31. The summed E-state index contributed by atoms with van der Waals surface area (Å²) in [6.45, 7) is 12.3. The monoisotopic (exact) mass is 438 g/mol. The maximum absolute atomic E-state index is 12.1. The Labute approximate surface area is 190 Å². The number of carbonyl (C=O) groups is 2. The minimum atomic E-state index is -0.0349. The van der Waals surface area contributed by atoms with Crippen molar-refractivity contribution in [3.05, 3.63) is 48.5 Å². The van der Waals surface area contributed by atoms with Gasteiger partial charge >= 0.3 is 0 Å². The third-order valence-corrected chi connectivity index (χ3v) is 5.11. The maximum atomic E-state index is 12.1. The summed E-state index contributed by atoms with van der Waals surface area (Å²) in [5.74, 6) is -0.0697. The van der Waals surface area contributed by atoms with Gasteiger partial charge in [-0.15, -0.1) is 0 Å². The Morgan fingerprint density at radius 2 is 0.938 bits per heavy atom. The number of nitrogens with one attached hydrogen (secondary N) is 2. The van der Waals surface area contributed by atoms with Gasteiger partial charge in [0.25, 0.3) is 0 Å². The van der Waals surface area contributed by atoms with E-state index in [0.29, 0.717) is 24.5 Å². The average molecular weight is 439 g/mol. The molecule has 2 N–H and O–H groups in total. The van der Waals surface area contributed by atoms with E-state index in [0.717, 1.165) is 37.6 Å². The molecule has 172 valence electrons. The van der Waals surface area contributed by atoms with Crippen molar-refractivity contribution in [1.82, 2.24) is 9.80 Å². The summed E-state index contributed by atoms with van der Waals surface area (Å²) in [7, 11) is 0. The van der Waals surface area contributed by atoms with E-state index >= 15 is 0 Å². The van der Waals surface area contributed by atoms with Crippen molar-refractivity contribution in [2.45, 2.75) is 27.7 Å². The zero-order valence-corrected chi connectivity index (χ0v) is 19.5. The van der Waals surface area contributed by atoms with Gasteiger partial charge in [-0.2, -0.15) is 10.2 Å². The smallest absolute Gasteiger partial charge is 0.238 e. The Morgan fingerprint density at radius 1 is 0.625 bits per heavy atom. The fraction of sp³-hybridized carbons (Fsp3) is 0.417. The minimum absolute atomic E-state index is 0.0349. The molecule has 8 nitrogen and oxygen atoms in total. The molecule has 0 unspecified atom stereocenters. The predicted molar refractivity (Wildman–Crippen MR) is 130 cm³/mol. The van der Waals surface area contributed by atoms with Gasteiger partial charge in [0.2, 0.25) is 11.8 Å². The Balaban J connectivity index is 1.87. The minimum Gasteiger partial charge on any atom is -0.325 e. The van der Waals surface area contributed by atoms with Gasteiger partial charge < -0.3 is 10.6 Å². The first-order valence-electron chi connectivity index (χ1n) is 11.1. The standard InChI is InChI=1S/C24H34N6O2/c1-5-29(6-2)17-23(31)25-19-9-13-21(14-10-19)27-28-22-15-11-20(12-16-22)26-24(32)18-30(7-3)8-4/h9-16H,5-8,17-18H2,1-4H3,(H,25,31)(H,26,32). The first-order chi connectivity index (χ1) is 15.5. The predicted octanol–water partition coefficient (Wildman–Crippen LogP) is 4.66. The summed E-state index contributed by atoms with van der Waals surface area (Å²) < 4.78 is 0. The van der Waals surface area contributed by atoms with Crippen LogP contribution in [0.5, 0.6) is 0 Å². The van der Waals surface area contributed by atoms with Crippen LogP contribution in [0.2, 0.25) is 0 Å². The van der Waals surface area contributed by atoms with Crippen molar-refractivity contribution in [1.29, 1.82) is 0 Å². The Morgan fingerprint density at radius 3 is 1.22 bits per heavy atom. The lowest BCUT2D eigenvalue weighted by Crippen LogP contribution is -2.32. The second kappa shape index (κ2) is 13.3. The van der Waals surface area contributed by atoms with Gasteiger partial charge in [-0.25, -0.2) is 0 Å². The number of hydrogen-bond acceptors (Lipinski definition) is 6. The topological polar surface area (TPSA) is 89.4 Å². The summed E-state index contributed by atoms with van der Waals surface area (Å²) in [5.41, 5.74) is 2.82. The Hall–Kier alpha value is -3.10. The van der Waals surface area contributed by atoms with Crippen molar-refractivity contribution >= 4 is 34.6 Å². The number of benzene rings is 2. The molecule has 8 heteroatoms. The SMILES string of the molecule is CCN(CC)CC(=O)Nc1ccc(N=Nc2ccc(NC(=O)CN(CC)CC)cc2)cc1. The highest BCUT2D eigenvalue weighted by Gasteiger charge is 2.08. The summed E-state index contributed by atoms with van der Waals surface area (Å²) in [5, 5.41) is 14.3. The van der Waals surface area contributed by atoms with Crippen LogP contribution in [0.1, 0.15) is 27.7 Å². The van der Waals surface area contributed by atoms with Crippen LogP contribution in [0.4, 0.5) is 22.7 Å². The van der Waals surface area contributed by atoms with Crippen molar-refractivity contribution in [3.63, 3.8) is 0 Å². The van der Waals surface area contributed by atoms with Crippen LogP contribution in [-0.4, -0.2) is 60.9 Å². The quantitative estimate of drug-likeness (QED) is 0.472. The normalized spacial score (nSPS) is 11.3. The van der Waals surface area contributed by atoms with Crippen LogP contribution in [0.15, 0.2) is 58.8 Å². The van der Waals surface area contributed by atoms with Crippen LogP contribution in [0, 0.1) is 0 Å². The molecule has 32 heavy (non-hydrogen) atoms. The fourth-order valence-corrected chi connectivity index (χ4v) is 3.04. The molecule has 0 radical (unpaired) electrons. The zero-order chi connectivity index (χ0) is 23.3. The van der Waals surface area contributed by atoms with E-state index in [-0.39, 0.29) is 11.8 Å². The van der Waals surface area contributed by atoms with Gasteiger partial charge in [-0.3, -0.25) is 19.4 Å². The zero-order valence-electron chi connectivity index (χ0n) is 19.5. The lowest BCUT2D eigenvalue weighted by Gasteiger charge is -2.17. The number of rotatable bonds is 12. The number of azo groups is 1. The summed E-state index contributed by atoms with van der Waals surface area (Å²) in [6.07, 6.45) is 0. The number of amides is 2. The van der Waals surface area contributed by atoms with E-state index in [1.807, 2.05) is 52.0 Å². The molecule has 2 aromatic rings. The number of hydrogen-bond donors (Lipinski definition) is 2. The average Bonchev–Trinajstić information content (AvgIpc) is 2.81. The lowest BCUT2D eigenvalue weighted by molar-refractivity contribution is -0.118. The van der Waals surface area contributed by atoms with E-state index in [2.05, 4.69) is 30.7 Å². The molecule has 0 saturated heterocycles. The van der Waals surface area contributed by atoms with Gasteiger partial charge in [0.15, 0.2) is 0 Å². The van der Waals surface area contributed by atoms with Crippen molar-refractivity contribution in [2.24, 2.45) is 10.2 Å². The molecule has 0 aliphatic rings. The molecular weight excluding hydrogens is 404 g/mol. The third kappa shape index (κ3) is 8.56. The summed E-state index contributed by atoms with van der Waals surface area (Å²) >= 11 is 0. The van der Waals surface area contributed by atoms with E-state index in [4.69, 9.17) is 0 Å². The fourth-order valence-electron chi connectivity index (χ4n) is 3.04. The van der Waals surface area contributed by atoms with E-state index < -0.39 is 0 Å². The van der Waals surface area contributed by atoms with Crippen LogP contribution in [-0.2, 0) is 9.59 Å². The van der Waals surface area contributed by atoms with Crippen LogP contribution >= 0.6 is 0 Å². The molecule has 0 bridgehead atoms. The molecule has 0 fully saturated rings. The molecule has 0 heterocycles. The van der Waals surface area contributed by atoms with Gasteiger partial charge in [-0.1, -0.05) is 27.7 Å². The summed E-state index contributed by atoms with van der Waals surface area (Å²) in [4.78, 5) is 28.3. The number of likely N-dealkylation sites (N-methyl/N-ethyl adjacent to an activating group) is 2. The van der Waals surface area contributed by atoms with Crippen LogP contribution in [0.3, 0.4) is 0 Å². The highest BCUT2D eigenvalue weighted by molar-refractivity contribution is 5.92. The molecule has 2 aromatic carbocycles. The largest absolute Gasteiger partial charge is 0.325 e. The molecular formula is C24H34N6O2. The molecule has 0 spiro atoms. The first-order valence-corrected chi connectivity index (χ1v) is 11.1. The third-order valence-electron chi connectivity index (χ3n) is 5.11. The molecule has 2 amide bonds. The first kappa shape index (κ1) is 25.2. The number of anilines is 2. The maximum Gasteiger partial charge on any atom is 0.238 e. The van der Waals surface area contributed by atoms with Gasteiger partial charge in [0, 0.05) is 11.4 Å². The summed E-state index contributed by atoms with van der Waals surface area (Å²) in [6, 6.07) is 14.4. The van der Waals surface area contributed by atoms with Crippen molar-refractivity contribution in [2.75, 3.05) is 49.9 Å². The Kier molecular flexibility index (Phi) is 10.5. The van der Waals surface area contributed by atoms with E-state index in [1.165, 1.54) is 0 Å². The van der Waals surface area contributed by atoms with Gasteiger partial charge in [-0.05, 0) is 74.7 Å².